The fourth-order valence-electron chi connectivity index (χ4n) is 2.63. The molecular weight excluding hydrogens is 298 g/mol. The topological polar surface area (TPSA) is 80.0 Å². The molecule has 1 aliphatic rings. The monoisotopic (exact) mass is 313 g/mol. The van der Waals surface area contributed by atoms with Gasteiger partial charge in [-0.05, 0) is 36.4 Å². The smallest absolute Gasteiger partial charge is 0.295 e. The van der Waals surface area contributed by atoms with Gasteiger partial charge in [0.1, 0.15) is 23.3 Å². The maximum atomic E-state index is 12.3. The molecule has 1 aromatic heterocycles. The van der Waals surface area contributed by atoms with Crippen LogP contribution in [0.15, 0.2) is 52.7 Å². The molecule has 0 aliphatic carbocycles. The molecule has 1 unspecified atom stereocenters. The van der Waals surface area contributed by atoms with Crippen LogP contribution < -0.4 is 4.74 Å². The van der Waals surface area contributed by atoms with E-state index >= 15 is 0 Å². The number of furan rings is 1. The highest BCUT2D eigenvalue weighted by atomic mass is 16.5. The number of likely N-dealkylation sites (tertiary alicyclic amines) is 1. The molecule has 1 N–H and O–H groups in total. The zero-order valence-electron chi connectivity index (χ0n) is 12.6. The Balaban J connectivity index is 2.12. The second kappa shape index (κ2) is 5.64. The number of ketones is 1. The van der Waals surface area contributed by atoms with Gasteiger partial charge in [0.15, 0.2) is 0 Å². The Morgan fingerprint density at radius 1 is 1.22 bits per heavy atom. The first-order valence-corrected chi connectivity index (χ1v) is 6.97. The molecule has 2 aromatic rings. The van der Waals surface area contributed by atoms with Crippen LogP contribution in [-0.4, -0.2) is 35.9 Å². The van der Waals surface area contributed by atoms with E-state index in [1.165, 1.54) is 25.3 Å². The number of nitrogens with zero attached hydrogens (tertiary/aromatic N) is 1. The van der Waals surface area contributed by atoms with Gasteiger partial charge < -0.3 is 19.2 Å². The number of carbonyl (C=O) groups is 2. The summed E-state index contributed by atoms with van der Waals surface area (Å²) in [5.74, 6) is -0.609. The highest BCUT2D eigenvalue weighted by Crippen LogP contribution is 2.38. The molecule has 1 atom stereocenters. The molecule has 1 aliphatic heterocycles. The molecule has 118 valence electrons. The van der Waals surface area contributed by atoms with E-state index in [9.17, 15) is 14.7 Å². The van der Waals surface area contributed by atoms with Crippen LogP contribution in [0.1, 0.15) is 17.4 Å². The number of hydrogen-bond donors (Lipinski definition) is 1. The second-order valence-corrected chi connectivity index (χ2v) is 5.15. The number of benzene rings is 1. The van der Waals surface area contributed by atoms with Gasteiger partial charge in [-0.1, -0.05) is 0 Å². The van der Waals surface area contributed by atoms with E-state index in [-0.39, 0.29) is 11.3 Å². The molecule has 0 bridgehead atoms. The van der Waals surface area contributed by atoms with Crippen molar-refractivity contribution in [2.75, 3.05) is 14.2 Å². The normalized spacial score (nSPS) is 20.1. The summed E-state index contributed by atoms with van der Waals surface area (Å²) >= 11 is 0. The molecule has 0 radical (unpaired) electrons. The van der Waals surface area contributed by atoms with E-state index in [0.29, 0.717) is 17.1 Å². The van der Waals surface area contributed by atoms with Crippen LogP contribution in [0.5, 0.6) is 5.75 Å². The predicted octanol–water partition coefficient (Wildman–Crippen LogP) is 2.34. The first-order valence-electron chi connectivity index (χ1n) is 6.97. The summed E-state index contributed by atoms with van der Waals surface area (Å²) in [5.41, 5.74) is 0.437. The number of hydrogen-bond acceptors (Lipinski definition) is 5. The van der Waals surface area contributed by atoms with Gasteiger partial charge in [0.05, 0.1) is 18.9 Å². The zero-order valence-corrected chi connectivity index (χ0v) is 12.6. The van der Waals surface area contributed by atoms with E-state index in [4.69, 9.17) is 9.15 Å². The molecular formula is C17H15NO5. The van der Waals surface area contributed by atoms with Crippen LogP contribution in [0.2, 0.25) is 0 Å². The van der Waals surface area contributed by atoms with Gasteiger partial charge in [-0.25, -0.2) is 0 Å². The molecule has 0 saturated carbocycles. The Kier molecular flexibility index (Phi) is 3.65. The number of amides is 1. The lowest BCUT2D eigenvalue weighted by atomic mass is 9.99. The van der Waals surface area contributed by atoms with Crippen molar-refractivity contribution in [2.45, 2.75) is 6.04 Å². The number of rotatable bonds is 3. The number of carbonyl (C=O) groups excluding carboxylic acids is 2. The van der Waals surface area contributed by atoms with E-state index in [2.05, 4.69) is 0 Å². The van der Waals surface area contributed by atoms with Gasteiger partial charge in [0, 0.05) is 12.6 Å². The maximum absolute atomic E-state index is 12.3. The highest BCUT2D eigenvalue weighted by Gasteiger charge is 2.45. The molecule has 3 rings (SSSR count). The average molecular weight is 313 g/mol. The number of Topliss-reactive ketones (excluding diaryl/α,β-unsaturated/α-hetero) is 1. The Hall–Kier alpha value is -3.02. The number of ether oxygens (including phenoxy) is 1. The van der Waals surface area contributed by atoms with Gasteiger partial charge in [0.2, 0.25) is 0 Å². The number of likely N-dealkylation sites (N-methyl/N-ethyl adjacent to an activating group) is 1. The summed E-state index contributed by atoms with van der Waals surface area (Å²) < 4.78 is 10.4. The summed E-state index contributed by atoms with van der Waals surface area (Å²) in [6.07, 6.45) is 1.46. The summed E-state index contributed by atoms with van der Waals surface area (Å²) in [6.45, 7) is 0. The highest BCUT2D eigenvalue weighted by molar-refractivity contribution is 6.46. The fourth-order valence-corrected chi connectivity index (χ4v) is 2.63. The summed E-state index contributed by atoms with van der Waals surface area (Å²) in [5, 5.41) is 10.6. The van der Waals surface area contributed by atoms with Crippen LogP contribution in [0, 0.1) is 0 Å². The van der Waals surface area contributed by atoms with E-state index in [1.54, 1.807) is 36.4 Å². The molecule has 1 amide bonds. The van der Waals surface area contributed by atoms with Gasteiger partial charge in [-0.15, -0.1) is 0 Å². The molecule has 6 heteroatoms. The molecule has 2 heterocycles. The molecule has 1 aromatic carbocycles. The lowest BCUT2D eigenvalue weighted by Gasteiger charge is -2.18. The minimum absolute atomic E-state index is 0.0117. The number of methoxy groups -OCH3 is 1. The van der Waals surface area contributed by atoms with Crippen molar-refractivity contribution in [1.82, 2.24) is 4.90 Å². The minimum atomic E-state index is -0.743. The van der Waals surface area contributed by atoms with Crippen LogP contribution in [0.25, 0.3) is 5.76 Å². The summed E-state index contributed by atoms with van der Waals surface area (Å²) in [4.78, 5) is 25.6. The van der Waals surface area contributed by atoms with Gasteiger partial charge in [-0.3, -0.25) is 9.59 Å². The van der Waals surface area contributed by atoms with E-state index in [0.717, 1.165) is 0 Å². The molecule has 1 fully saturated rings. The van der Waals surface area contributed by atoms with Gasteiger partial charge >= 0.3 is 0 Å². The molecule has 6 nitrogen and oxygen atoms in total. The van der Waals surface area contributed by atoms with Crippen LogP contribution >= 0.6 is 0 Å². The standard InChI is InChI=1S/C17H15NO5/c1-18-14(12-4-3-9-23-12)13(16(20)17(18)21)15(19)10-5-7-11(22-2)8-6-10/h3-9,14,19H,1-2H3. The largest absolute Gasteiger partial charge is 0.507 e. The molecule has 23 heavy (non-hydrogen) atoms. The van der Waals surface area contributed by atoms with Crippen molar-refractivity contribution in [1.29, 1.82) is 0 Å². The van der Waals surface area contributed by atoms with Gasteiger partial charge in [0.25, 0.3) is 11.7 Å². The Labute approximate surface area is 132 Å². The van der Waals surface area contributed by atoms with E-state index < -0.39 is 17.7 Å². The molecule has 1 saturated heterocycles. The Morgan fingerprint density at radius 3 is 2.48 bits per heavy atom. The SMILES string of the molecule is COc1ccc(C(O)=C2C(=O)C(=O)N(C)C2c2ccco2)cc1. The first-order chi connectivity index (χ1) is 11.0. The third kappa shape index (κ3) is 2.38. The van der Waals surface area contributed by atoms with Crippen molar-refractivity contribution in [2.24, 2.45) is 0 Å². The van der Waals surface area contributed by atoms with Crippen LogP contribution in [0.4, 0.5) is 0 Å². The van der Waals surface area contributed by atoms with E-state index in [1.807, 2.05) is 0 Å². The maximum Gasteiger partial charge on any atom is 0.295 e. The first kappa shape index (κ1) is 14.9. The minimum Gasteiger partial charge on any atom is -0.507 e. The van der Waals surface area contributed by atoms with Crippen molar-refractivity contribution in [3.63, 3.8) is 0 Å². The van der Waals surface area contributed by atoms with Crippen molar-refractivity contribution in [3.05, 3.63) is 59.6 Å². The third-order valence-electron chi connectivity index (χ3n) is 3.85. The second-order valence-electron chi connectivity index (χ2n) is 5.15. The summed E-state index contributed by atoms with van der Waals surface area (Å²) in [6, 6.07) is 9.16. The van der Waals surface area contributed by atoms with Gasteiger partial charge in [-0.2, -0.15) is 0 Å². The van der Waals surface area contributed by atoms with Crippen LogP contribution in [-0.2, 0) is 9.59 Å². The van der Waals surface area contributed by atoms with Crippen molar-refractivity contribution < 1.29 is 23.8 Å². The predicted molar refractivity (Wildman–Crippen MR) is 81.8 cm³/mol. The zero-order chi connectivity index (χ0) is 16.6. The third-order valence-corrected chi connectivity index (χ3v) is 3.85. The quantitative estimate of drug-likeness (QED) is 0.534. The lowest BCUT2D eigenvalue weighted by molar-refractivity contribution is -0.139. The average Bonchev–Trinajstić information content (AvgIpc) is 3.17. The number of aliphatic hydroxyl groups is 1. The summed E-state index contributed by atoms with van der Waals surface area (Å²) in [7, 11) is 3.04. The molecule has 0 spiro atoms. The van der Waals surface area contributed by atoms with Crippen molar-refractivity contribution >= 4 is 17.4 Å². The van der Waals surface area contributed by atoms with Crippen LogP contribution in [0.3, 0.4) is 0 Å². The Morgan fingerprint density at radius 2 is 1.91 bits per heavy atom. The van der Waals surface area contributed by atoms with Crippen molar-refractivity contribution in [3.8, 4) is 5.75 Å². The number of aliphatic hydroxyl groups excluding tert-OH is 1. The lowest BCUT2D eigenvalue weighted by Crippen LogP contribution is -2.24. The fraction of sp³-hybridized carbons (Fsp3) is 0.176. The Bertz CT molecular complexity index is 774.